The molecule has 0 aromatic heterocycles. The molecule has 2 aromatic rings. The lowest BCUT2D eigenvalue weighted by molar-refractivity contribution is -0.137. The van der Waals surface area contributed by atoms with Gasteiger partial charge in [-0.2, -0.15) is 17.5 Å². The lowest BCUT2D eigenvalue weighted by Crippen LogP contribution is -2.48. The number of carbonyl (C=O) groups excluding carboxylic acids is 1. The van der Waals surface area contributed by atoms with Gasteiger partial charge >= 0.3 is 12.1 Å². The first-order chi connectivity index (χ1) is 14.6. The van der Waals surface area contributed by atoms with E-state index in [1.165, 1.54) is 34.6 Å². The molecule has 0 unspecified atom stereocenters. The molecule has 2 aromatic carbocycles. The summed E-state index contributed by atoms with van der Waals surface area (Å²) in [4.78, 5) is 13.7. The van der Waals surface area contributed by atoms with Gasteiger partial charge in [-0.15, -0.1) is 0 Å². The first-order valence-electron chi connectivity index (χ1n) is 9.77. The van der Waals surface area contributed by atoms with Gasteiger partial charge in [0.2, 0.25) is 10.0 Å². The Kier molecular flexibility index (Phi) is 7.03. The molecule has 1 heterocycles. The number of esters is 1. The van der Waals surface area contributed by atoms with E-state index >= 15 is 0 Å². The molecule has 10 heteroatoms. The van der Waals surface area contributed by atoms with Gasteiger partial charge in [0.05, 0.1) is 22.6 Å². The van der Waals surface area contributed by atoms with Crippen LogP contribution < -0.4 is 0 Å². The van der Waals surface area contributed by atoms with E-state index in [9.17, 15) is 26.4 Å². The highest BCUT2D eigenvalue weighted by Crippen LogP contribution is 2.30. The third-order valence-electron chi connectivity index (χ3n) is 4.99. The van der Waals surface area contributed by atoms with Gasteiger partial charge < -0.3 is 4.74 Å². The number of hydrogen-bond acceptors (Lipinski definition) is 5. The molecule has 3 rings (SSSR count). The minimum Gasteiger partial charge on any atom is -0.462 e. The van der Waals surface area contributed by atoms with Crippen LogP contribution in [0, 0.1) is 0 Å². The summed E-state index contributed by atoms with van der Waals surface area (Å²) in [5.74, 6) is -0.519. The van der Waals surface area contributed by atoms with E-state index in [1.54, 1.807) is 13.0 Å². The van der Waals surface area contributed by atoms with Gasteiger partial charge in [0, 0.05) is 32.7 Å². The second-order valence-electron chi connectivity index (χ2n) is 7.12. The van der Waals surface area contributed by atoms with E-state index in [2.05, 4.69) is 0 Å². The highest BCUT2D eigenvalue weighted by molar-refractivity contribution is 7.89. The zero-order chi connectivity index (χ0) is 22.6. The Hall–Kier alpha value is -2.43. The highest BCUT2D eigenvalue weighted by atomic mass is 32.2. The number of hydrogen-bond donors (Lipinski definition) is 0. The summed E-state index contributed by atoms with van der Waals surface area (Å²) >= 11 is 0. The molecule has 0 saturated carbocycles. The predicted molar refractivity (Wildman–Crippen MR) is 108 cm³/mol. The quantitative estimate of drug-likeness (QED) is 0.624. The molecule has 0 spiro atoms. The van der Waals surface area contributed by atoms with Crippen molar-refractivity contribution in [3.63, 3.8) is 0 Å². The van der Waals surface area contributed by atoms with Crippen LogP contribution in [0.25, 0.3) is 0 Å². The summed E-state index contributed by atoms with van der Waals surface area (Å²) in [6, 6.07) is 10.7. The van der Waals surface area contributed by atoms with Crippen LogP contribution in [0.2, 0.25) is 0 Å². The first-order valence-corrected chi connectivity index (χ1v) is 11.2. The Balaban J connectivity index is 1.62. The molecule has 0 radical (unpaired) electrons. The van der Waals surface area contributed by atoms with Gasteiger partial charge in [0.15, 0.2) is 0 Å². The van der Waals surface area contributed by atoms with E-state index in [-0.39, 0.29) is 30.2 Å². The second-order valence-corrected chi connectivity index (χ2v) is 9.06. The monoisotopic (exact) mass is 456 g/mol. The molecule has 0 bridgehead atoms. The van der Waals surface area contributed by atoms with E-state index in [4.69, 9.17) is 4.74 Å². The third kappa shape index (κ3) is 5.63. The molecule has 0 aliphatic carbocycles. The van der Waals surface area contributed by atoms with Crippen molar-refractivity contribution >= 4 is 16.0 Å². The van der Waals surface area contributed by atoms with Gasteiger partial charge in [-0.1, -0.05) is 18.2 Å². The topological polar surface area (TPSA) is 66.9 Å². The number of ether oxygens (including phenoxy) is 1. The Bertz CT molecular complexity index is 1020. The van der Waals surface area contributed by atoms with Crippen molar-refractivity contribution in [2.75, 3.05) is 32.8 Å². The number of piperazine rings is 1. The van der Waals surface area contributed by atoms with Crippen LogP contribution in [0.5, 0.6) is 0 Å². The maximum absolute atomic E-state index is 12.9. The fraction of sp³-hybridized carbons (Fsp3) is 0.381. The largest absolute Gasteiger partial charge is 0.462 e. The van der Waals surface area contributed by atoms with Crippen LogP contribution in [0.1, 0.15) is 28.4 Å². The molecule has 0 N–H and O–H groups in total. The summed E-state index contributed by atoms with van der Waals surface area (Å²) in [6.07, 6.45) is -4.40. The number of nitrogens with zero attached hydrogens (tertiary/aromatic N) is 2. The van der Waals surface area contributed by atoms with Crippen molar-refractivity contribution in [1.82, 2.24) is 9.21 Å². The minimum absolute atomic E-state index is 0.0758. The number of rotatable bonds is 6. The Morgan fingerprint density at radius 1 is 1.03 bits per heavy atom. The van der Waals surface area contributed by atoms with Crippen LogP contribution in [-0.2, 0) is 27.5 Å². The number of halogens is 3. The van der Waals surface area contributed by atoms with E-state index in [0.29, 0.717) is 25.2 Å². The number of sulfonamides is 1. The van der Waals surface area contributed by atoms with Crippen molar-refractivity contribution in [2.45, 2.75) is 24.5 Å². The average molecular weight is 456 g/mol. The van der Waals surface area contributed by atoms with E-state index in [1.807, 2.05) is 4.90 Å². The standard InChI is InChI=1S/C21H23F3N2O4S/c1-2-30-20(27)17-6-8-19(9-7-17)31(28,29)26-12-10-25(11-13-26)15-16-4-3-5-18(14-16)21(22,23)24/h3-9,14H,2,10-13,15H2,1H3. The van der Waals surface area contributed by atoms with Crippen LogP contribution in [0.15, 0.2) is 53.4 Å². The molecule has 31 heavy (non-hydrogen) atoms. The fourth-order valence-electron chi connectivity index (χ4n) is 3.36. The fourth-order valence-corrected chi connectivity index (χ4v) is 4.78. The van der Waals surface area contributed by atoms with Gasteiger partial charge in [0.25, 0.3) is 0 Å². The molecule has 6 nitrogen and oxygen atoms in total. The molecule has 0 atom stereocenters. The van der Waals surface area contributed by atoms with Crippen molar-refractivity contribution < 1.29 is 31.1 Å². The maximum atomic E-state index is 12.9. The van der Waals surface area contributed by atoms with Crippen LogP contribution in [0.3, 0.4) is 0 Å². The summed E-state index contributed by atoms with van der Waals surface area (Å²) in [6.45, 7) is 3.47. The molecule has 1 aliphatic rings. The molecule has 0 amide bonds. The molecule has 168 valence electrons. The Morgan fingerprint density at radius 3 is 2.26 bits per heavy atom. The van der Waals surface area contributed by atoms with Gasteiger partial charge in [-0.05, 0) is 42.8 Å². The normalized spacial score (nSPS) is 16.3. The van der Waals surface area contributed by atoms with E-state index < -0.39 is 27.7 Å². The summed E-state index contributed by atoms with van der Waals surface area (Å²) in [7, 11) is -3.73. The van der Waals surface area contributed by atoms with Gasteiger partial charge in [-0.3, -0.25) is 4.90 Å². The van der Waals surface area contributed by atoms with Crippen molar-refractivity contribution in [1.29, 1.82) is 0 Å². The Labute approximate surface area is 179 Å². The maximum Gasteiger partial charge on any atom is 0.416 e. The number of carbonyl (C=O) groups is 1. The summed E-state index contributed by atoms with van der Waals surface area (Å²) in [5, 5.41) is 0. The summed E-state index contributed by atoms with van der Waals surface area (Å²) in [5.41, 5.74) is 0.102. The van der Waals surface area contributed by atoms with Gasteiger partial charge in [-0.25, -0.2) is 13.2 Å². The lowest BCUT2D eigenvalue weighted by atomic mass is 10.1. The molecule has 1 fully saturated rings. The summed E-state index contributed by atoms with van der Waals surface area (Å²) < 4.78 is 70.6. The Morgan fingerprint density at radius 2 is 1.68 bits per heavy atom. The predicted octanol–water partition coefficient (Wildman–Crippen LogP) is 3.39. The van der Waals surface area contributed by atoms with E-state index in [0.717, 1.165) is 12.1 Å². The second kappa shape index (κ2) is 9.37. The van der Waals surface area contributed by atoms with Crippen LogP contribution in [-0.4, -0.2) is 56.4 Å². The van der Waals surface area contributed by atoms with Gasteiger partial charge in [0.1, 0.15) is 0 Å². The van der Waals surface area contributed by atoms with Crippen molar-refractivity contribution in [3.8, 4) is 0 Å². The lowest BCUT2D eigenvalue weighted by Gasteiger charge is -2.34. The van der Waals surface area contributed by atoms with Crippen molar-refractivity contribution in [3.05, 3.63) is 65.2 Å². The zero-order valence-electron chi connectivity index (χ0n) is 16.9. The van der Waals surface area contributed by atoms with Crippen molar-refractivity contribution in [2.24, 2.45) is 0 Å². The SMILES string of the molecule is CCOC(=O)c1ccc(S(=O)(=O)N2CCN(Cc3cccc(C(F)(F)F)c3)CC2)cc1. The first kappa shape index (κ1) is 23.2. The molecule has 1 aliphatic heterocycles. The molecular formula is C21H23F3N2O4S. The number of alkyl halides is 3. The molecular weight excluding hydrogens is 433 g/mol. The minimum atomic E-state index is -4.40. The zero-order valence-corrected chi connectivity index (χ0v) is 17.7. The smallest absolute Gasteiger partial charge is 0.416 e. The van der Waals surface area contributed by atoms with Crippen LogP contribution >= 0.6 is 0 Å². The average Bonchev–Trinajstić information content (AvgIpc) is 2.74. The number of benzene rings is 2. The van der Waals surface area contributed by atoms with Crippen LogP contribution in [0.4, 0.5) is 13.2 Å². The third-order valence-corrected chi connectivity index (χ3v) is 6.91. The highest BCUT2D eigenvalue weighted by Gasteiger charge is 2.31. The molecule has 1 saturated heterocycles.